The molecule has 0 radical (unpaired) electrons. The van der Waals surface area contributed by atoms with Crippen molar-refractivity contribution in [3.8, 4) is 5.75 Å². The van der Waals surface area contributed by atoms with Crippen LogP contribution in [-0.4, -0.2) is 57.9 Å². The lowest BCUT2D eigenvalue weighted by Gasteiger charge is -2.22. The Labute approximate surface area is 143 Å². The van der Waals surface area contributed by atoms with Gasteiger partial charge < -0.3 is 19.7 Å². The van der Waals surface area contributed by atoms with E-state index in [1.54, 1.807) is 19.2 Å². The maximum Gasteiger partial charge on any atom is 0.193 e. The summed E-state index contributed by atoms with van der Waals surface area (Å²) in [5.74, 6) is 1.24. The third-order valence-electron chi connectivity index (χ3n) is 3.87. The molecule has 0 atom stereocenters. The number of rotatable bonds is 7. The van der Waals surface area contributed by atoms with Crippen LogP contribution in [0.1, 0.15) is 12.8 Å². The van der Waals surface area contributed by atoms with E-state index < -0.39 is 0 Å². The number of likely N-dealkylation sites (N-methyl/N-ethyl adjacent to an activating group) is 1. The summed E-state index contributed by atoms with van der Waals surface area (Å²) in [6, 6.07) is 6.04. The highest BCUT2D eigenvalue weighted by Crippen LogP contribution is 2.11. The Hall–Kier alpha value is -2.08. The van der Waals surface area contributed by atoms with Gasteiger partial charge in [-0.15, -0.1) is 0 Å². The van der Waals surface area contributed by atoms with Crippen LogP contribution < -0.4 is 10.1 Å². The van der Waals surface area contributed by atoms with Crippen LogP contribution in [0.5, 0.6) is 5.75 Å². The van der Waals surface area contributed by atoms with Gasteiger partial charge in [0.15, 0.2) is 5.96 Å². The molecule has 1 aromatic rings. The number of hydrogen-bond acceptors (Lipinski definition) is 3. The molecule has 0 aromatic heterocycles. The summed E-state index contributed by atoms with van der Waals surface area (Å²) in [6.45, 7) is 3.59. The summed E-state index contributed by atoms with van der Waals surface area (Å²) in [7, 11) is 3.74. The van der Waals surface area contributed by atoms with Gasteiger partial charge in [-0.25, -0.2) is 4.39 Å². The minimum atomic E-state index is -0.260. The van der Waals surface area contributed by atoms with Crippen molar-refractivity contribution < 1.29 is 13.9 Å². The molecule has 0 unspecified atom stereocenters. The predicted molar refractivity (Wildman–Crippen MR) is 94.0 cm³/mol. The summed E-state index contributed by atoms with van der Waals surface area (Å²) in [4.78, 5) is 6.31. The van der Waals surface area contributed by atoms with E-state index in [-0.39, 0.29) is 5.82 Å². The Morgan fingerprint density at radius 3 is 2.83 bits per heavy atom. The zero-order valence-corrected chi connectivity index (χ0v) is 14.4. The van der Waals surface area contributed by atoms with Crippen LogP contribution in [0.4, 0.5) is 4.39 Å². The lowest BCUT2D eigenvalue weighted by Crippen LogP contribution is -2.41. The molecule has 0 fully saturated rings. The molecule has 0 spiro atoms. The minimum absolute atomic E-state index is 0.260. The molecule has 1 aliphatic rings. The van der Waals surface area contributed by atoms with Crippen molar-refractivity contribution in [1.29, 1.82) is 0 Å². The van der Waals surface area contributed by atoms with Gasteiger partial charge in [0.2, 0.25) is 0 Å². The van der Waals surface area contributed by atoms with E-state index in [4.69, 9.17) is 9.47 Å². The second kappa shape index (κ2) is 9.93. The van der Waals surface area contributed by atoms with E-state index in [9.17, 15) is 4.39 Å². The highest BCUT2D eigenvalue weighted by Gasteiger charge is 2.07. The average molecular weight is 335 g/mol. The third-order valence-corrected chi connectivity index (χ3v) is 3.87. The van der Waals surface area contributed by atoms with Crippen molar-refractivity contribution in [3.63, 3.8) is 0 Å². The van der Waals surface area contributed by atoms with Gasteiger partial charge in [0.25, 0.3) is 0 Å². The summed E-state index contributed by atoms with van der Waals surface area (Å²) in [5, 5.41) is 3.36. The molecule has 6 heteroatoms. The highest BCUT2D eigenvalue weighted by atomic mass is 19.1. The Balaban J connectivity index is 1.67. The van der Waals surface area contributed by atoms with Crippen LogP contribution >= 0.6 is 0 Å². The van der Waals surface area contributed by atoms with Gasteiger partial charge in [-0.1, -0.05) is 11.6 Å². The van der Waals surface area contributed by atoms with Crippen LogP contribution in [0.25, 0.3) is 0 Å². The molecular formula is C18H26FN3O2. The molecule has 0 amide bonds. The largest absolute Gasteiger partial charge is 0.492 e. The molecule has 0 aliphatic carbocycles. The molecule has 132 valence electrons. The zero-order chi connectivity index (χ0) is 17.2. The molecule has 5 nitrogen and oxygen atoms in total. The summed E-state index contributed by atoms with van der Waals surface area (Å²) < 4.78 is 23.8. The first-order valence-electron chi connectivity index (χ1n) is 8.25. The molecule has 1 N–H and O–H groups in total. The SMILES string of the molecule is CN=C(NCCC1=CCOCC1)N(C)CCOc1ccc(F)cc1. The normalized spacial score (nSPS) is 15.0. The lowest BCUT2D eigenvalue weighted by molar-refractivity contribution is 0.153. The summed E-state index contributed by atoms with van der Waals surface area (Å²) >= 11 is 0. The number of nitrogens with zero attached hydrogens (tertiary/aromatic N) is 2. The summed E-state index contributed by atoms with van der Waals surface area (Å²) in [6.07, 6.45) is 4.18. The van der Waals surface area contributed by atoms with Crippen molar-refractivity contribution in [2.24, 2.45) is 4.99 Å². The molecule has 2 rings (SSSR count). The number of aliphatic imine (C=N–C) groups is 1. The van der Waals surface area contributed by atoms with E-state index in [2.05, 4.69) is 16.4 Å². The summed E-state index contributed by atoms with van der Waals surface area (Å²) in [5.41, 5.74) is 1.44. The van der Waals surface area contributed by atoms with Crippen molar-refractivity contribution in [1.82, 2.24) is 10.2 Å². The Morgan fingerprint density at radius 1 is 1.38 bits per heavy atom. The zero-order valence-electron chi connectivity index (χ0n) is 14.4. The van der Waals surface area contributed by atoms with Gasteiger partial charge in [0.05, 0.1) is 19.8 Å². The number of nitrogens with one attached hydrogen (secondary N) is 1. The van der Waals surface area contributed by atoms with Gasteiger partial charge in [-0.05, 0) is 37.1 Å². The van der Waals surface area contributed by atoms with E-state index in [0.29, 0.717) is 18.9 Å². The number of ether oxygens (including phenoxy) is 2. The van der Waals surface area contributed by atoms with Gasteiger partial charge in [0.1, 0.15) is 18.2 Å². The van der Waals surface area contributed by atoms with Crippen LogP contribution in [0.2, 0.25) is 0 Å². The first kappa shape index (κ1) is 18.3. The molecule has 0 saturated heterocycles. The van der Waals surface area contributed by atoms with Crippen LogP contribution in [0.15, 0.2) is 40.9 Å². The molecule has 24 heavy (non-hydrogen) atoms. The fourth-order valence-corrected chi connectivity index (χ4v) is 2.45. The third kappa shape index (κ3) is 6.20. The topological polar surface area (TPSA) is 46.1 Å². The highest BCUT2D eigenvalue weighted by molar-refractivity contribution is 5.79. The van der Waals surface area contributed by atoms with Crippen LogP contribution in [-0.2, 0) is 4.74 Å². The number of guanidine groups is 1. The Morgan fingerprint density at radius 2 is 2.17 bits per heavy atom. The van der Waals surface area contributed by atoms with Crippen molar-refractivity contribution in [2.75, 3.05) is 47.0 Å². The fourth-order valence-electron chi connectivity index (χ4n) is 2.45. The van der Waals surface area contributed by atoms with Gasteiger partial charge in [0, 0.05) is 20.6 Å². The van der Waals surface area contributed by atoms with E-state index in [1.807, 2.05) is 11.9 Å². The van der Waals surface area contributed by atoms with Crippen molar-refractivity contribution >= 4 is 5.96 Å². The minimum Gasteiger partial charge on any atom is -0.492 e. The smallest absolute Gasteiger partial charge is 0.193 e. The molecule has 1 aliphatic heterocycles. The number of hydrogen-bond donors (Lipinski definition) is 1. The van der Waals surface area contributed by atoms with Crippen molar-refractivity contribution in [3.05, 3.63) is 41.7 Å². The second-order valence-corrected chi connectivity index (χ2v) is 5.64. The quantitative estimate of drug-likeness (QED) is 0.472. The standard InChI is InChI=1S/C18H26FN3O2/c1-20-18(21-10-7-15-8-12-23-13-9-15)22(2)11-14-24-17-5-3-16(19)4-6-17/h3-6,8H,7,9-14H2,1-2H3,(H,20,21). The van der Waals surface area contributed by atoms with Crippen LogP contribution in [0.3, 0.4) is 0 Å². The Kier molecular flexibility index (Phi) is 7.55. The lowest BCUT2D eigenvalue weighted by atomic mass is 10.1. The second-order valence-electron chi connectivity index (χ2n) is 5.64. The predicted octanol–water partition coefficient (Wildman–Crippen LogP) is 2.45. The van der Waals surface area contributed by atoms with E-state index >= 15 is 0 Å². The fraction of sp³-hybridized carbons (Fsp3) is 0.500. The van der Waals surface area contributed by atoms with Gasteiger partial charge >= 0.3 is 0 Å². The molecule has 0 saturated carbocycles. The first-order valence-corrected chi connectivity index (χ1v) is 8.25. The number of benzene rings is 1. The maximum absolute atomic E-state index is 12.8. The monoisotopic (exact) mass is 335 g/mol. The Bertz CT molecular complexity index is 558. The molecule has 1 heterocycles. The van der Waals surface area contributed by atoms with Crippen molar-refractivity contribution in [2.45, 2.75) is 12.8 Å². The van der Waals surface area contributed by atoms with E-state index in [1.165, 1.54) is 17.7 Å². The first-order chi connectivity index (χ1) is 11.7. The number of halogens is 1. The van der Waals surface area contributed by atoms with E-state index in [0.717, 1.165) is 38.6 Å². The molecule has 1 aromatic carbocycles. The van der Waals surface area contributed by atoms with Crippen LogP contribution in [0, 0.1) is 5.82 Å². The van der Waals surface area contributed by atoms with Gasteiger partial charge in [-0.2, -0.15) is 0 Å². The maximum atomic E-state index is 12.8. The molecular weight excluding hydrogens is 309 g/mol. The van der Waals surface area contributed by atoms with Gasteiger partial charge in [-0.3, -0.25) is 4.99 Å². The average Bonchev–Trinajstić information content (AvgIpc) is 2.61. The molecule has 0 bridgehead atoms.